The predicted octanol–water partition coefficient (Wildman–Crippen LogP) is 3.98. The molecule has 0 aliphatic carbocycles. The van der Waals surface area contributed by atoms with Crippen LogP contribution in [0.3, 0.4) is 0 Å². The lowest BCUT2D eigenvalue weighted by Gasteiger charge is -2.33. The minimum Gasteiger partial charge on any atom is -0.381 e. The second-order valence-electron chi connectivity index (χ2n) is 6.53. The third-order valence-corrected chi connectivity index (χ3v) is 5.41. The first-order valence-electron chi connectivity index (χ1n) is 8.22. The maximum atomic E-state index is 5.49. The van der Waals surface area contributed by atoms with Crippen LogP contribution in [0.5, 0.6) is 0 Å². The van der Waals surface area contributed by atoms with Gasteiger partial charge in [-0.05, 0) is 41.8 Å². The van der Waals surface area contributed by atoms with Gasteiger partial charge in [0.1, 0.15) is 16.3 Å². The molecule has 0 unspecified atom stereocenters. The molecule has 4 rings (SSSR count). The Morgan fingerprint density at radius 3 is 2.88 bits per heavy atom. The van der Waals surface area contributed by atoms with E-state index in [1.165, 1.54) is 0 Å². The van der Waals surface area contributed by atoms with Crippen molar-refractivity contribution in [3.8, 4) is 11.5 Å². The molecule has 5 nitrogen and oxygen atoms in total. The van der Waals surface area contributed by atoms with Crippen LogP contribution in [-0.2, 0) is 4.74 Å². The minimum atomic E-state index is 0.247. The van der Waals surface area contributed by atoms with Crippen LogP contribution in [0.15, 0.2) is 35.8 Å². The zero-order valence-corrected chi connectivity index (χ0v) is 14.5. The van der Waals surface area contributed by atoms with Crippen molar-refractivity contribution in [1.82, 2.24) is 15.0 Å². The first kappa shape index (κ1) is 15.5. The first-order valence-corrected chi connectivity index (χ1v) is 9.10. The van der Waals surface area contributed by atoms with Crippen LogP contribution in [0.25, 0.3) is 21.7 Å². The summed E-state index contributed by atoms with van der Waals surface area (Å²) in [7, 11) is 0. The highest BCUT2D eigenvalue weighted by atomic mass is 32.1. The fourth-order valence-corrected chi connectivity index (χ4v) is 3.70. The minimum absolute atomic E-state index is 0.247. The molecule has 0 bridgehead atoms. The molecule has 0 atom stereocenters. The van der Waals surface area contributed by atoms with E-state index in [1.54, 1.807) is 17.5 Å². The van der Waals surface area contributed by atoms with Crippen LogP contribution in [0.2, 0.25) is 0 Å². The molecule has 6 heteroatoms. The third-order valence-electron chi connectivity index (χ3n) is 4.60. The van der Waals surface area contributed by atoms with Gasteiger partial charge in [-0.15, -0.1) is 11.3 Å². The van der Waals surface area contributed by atoms with Gasteiger partial charge in [0.25, 0.3) is 0 Å². The summed E-state index contributed by atoms with van der Waals surface area (Å²) in [5, 5.41) is 6.70. The molecule has 0 amide bonds. The normalized spacial score (nSPS) is 17.0. The maximum absolute atomic E-state index is 5.49. The molecule has 0 saturated carbocycles. The maximum Gasteiger partial charge on any atom is 0.181 e. The van der Waals surface area contributed by atoms with E-state index in [9.17, 15) is 0 Å². The van der Waals surface area contributed by atoms with Crippen LogP contribution in [0.1, 0.15) is 19.8 Å². The number of hydrogen-bond donors (Lipinski definition) is 1. The van der Waals surface area contributed by atoms with E-state index in [2.05, 4.69) is 33.7 Å². The fourth-order valence-electron chi connectivity index (χ4n) is 2.94. The van der Waals surface area contributed by atoms with Crippen molar-refractivity contribution in [1.29, 1.82) is 0 Å². The van der Waals surface area contributed by atoms with E-state index in [-0.39, 0.29) is 5.41 Å². The molecule has 124 valence electrons. The highest BCUT2D eigenvalue weighted by Gasteiger charge is 2.27. The molecular weight excluding hydrogens is 320 g/mol. The fraction of sp³-hybridized carbons (Fsp3) is 0.389. The Morgan fingerprint density at radius 1 is 1.21 bits per heavy atom. The standard InChI is InChI=1S/C18H20N4OS/c1-18(6-9-23-10-7-18)12-20-15-13-5-11-24-17(13)22-16(21-15)14-4-2-3-8-19-14/h2-5,8,11H,6-7,9-10,12H2,1H3,(H,20,21,22). The number of pyridine rings is 1. The summed E-state index contributed by atoms with van der Waals surface area (Å²) in [5.41, 5.74) is 1.05. The van der Waals surface area contributed by atoms with Gasteiger partial charge in [0, 0.05) is 26.0 Å². The zero-order valence-electron chi connectivity index (χ0n) is 13.7. The molecule has 1 aliphatic rings. The lowest BCUT2D eigenvalue weighted by Crippen LogP contribution is -2.33. The Bertz CT molecular complexity index is 827. The molecule has 3 aromatic rings. The third kappa shape index (κ3) is 3.12. The second-order valence-corrected chi connectivity index (χ2v) is 7.42. The van der Waals surface area contributed by atoms with Crippen LogP contribution >= 0.6 is 11.3 Å². The van der Waals surface area contributed by atoms with Gasteiger partial charge < -0.3 is 10.1 Å². The number of ether oxygens (including phenoxy) is 1. The van der Waals surface area contributed by atoms with Crippen LogP contribution in [0, 0.1) is 5.41 Å². The lowest BCUT2D eigenvalue weighted by atomic mass is 9.82. The quantitative estimate of drug-likeness (QED) is 0.778. The number of fused-ring (bicyclic) bond motifs is 1. The average molecular weight is 340 g/mol. The van der Waals surface area contributed by atoms with E-state index in [0.717, 1.165) is 54.3 Å². The Kier molecular flexibility index (Phi) is 4.16. The Hall–Kier alpha value is -2.05. The number of thiophene rings is 1. The molecule has 1 N–H and O–H groups in total. The zero-order chi connectivity index (χ0) is 16.4. The monoisotopic (exact) mass is 340 g/mol. The molecule has 0 spiro atoms. The van der Waals surface area contributed by atoms with Crippen LogP contribution in [0.4, 0.5) is 5.82 Å². The second kappa shape index (κ2) is 6.45. The number of anilines is 1. The van der Waals surface area contributed by atoms with E-state index in [4.69, 9.17) is 9.72 Å². The van der Waals surface area contributed by atoms with Gasteiger partial charge in [0.15, 0.2) is 5.82 Å². The molecule has 3 aromatic heterocycles. The van der Waals surface area contributed by atoms with Crippen molar-refractivity contribution in [2.75, 3.05) is 25.1 Å². The summed E-state index contributed by atoms with van der Waals surface area (Å²) < 4.78 is 5.49. The number of aromatic nitrogens is 3. The van der Waals surface area contributed by atoms with E-state index in [0.29, 0.717) is 5.82 Å². The van der Waals surface area contributed by atoms with Crippen LogP contribution in [-0.4, -0.2) is 34.7 Å². The molecule has 0 aromatic carbocycles. The first-order chi connectivity index (χ1) is 11.7. The summed E-state index contributed by atoms with van der Waals surface area (Å²) >= 11 is 1.63. The van der Waals surface area contributed by atoms with E-state index >= 15 is 0 Å². The van der Waals surface area contributed by atoms with Gasteiger partial charge in [-0.1, -0.05) is 13.0 Å². The summed E-state index contributed by atoms with van der Waals surface area (Å²) in [6.45, 7) is 4.89. The summed E-state index contributed by atoms with van der Waals surface area (Å²) in [5.74, 6) is 1.57. The van der Waals surface area contributed by atoms with Gasteiger partial charge in [0.2, 0.25) is 0 Å². The molecular formula is C18H20N4OS. The largest absolute Gasteiger partial charge is 0.381 e. The number of hydrogen-bond acceptors (Lipinski definition) is 6. The van der Waals surface area contributed by atoms with Crippen molar-refractivity contribution >= 4 is 27.4 Å². The molecule has 0 radical (unpaired) electrons. The highest BCUT2D eigenvalue weighted by molar-refractivity contribution is 7.16. The Labute approximate surface area is 145 Å². The summed E-state index contributed by atoms with van der Waals surface area (Å²) in [4.78, 5) is 14.8. The van der Waals surface area contributed by atoms with Crippen LogP contribution < -0.4 is 5.32 Å². The average Bonchev–Trinajstić information content (AvgIpc) is 3.10. The Balaban J connectivity index is 1.65. The number of rotatable bonds is 4. The van der Waals surface area contributed by atoms with Crippen molar-refractivity contribution in [2.45, 2.75) is 19.8 Å². The number of nitrogens with one attached hydrogen (secondary N) is 1. The van der Waals surface area contributed by atoms with Gasteiger partial charge in [-0.25, -0.2) is 9.97 Å². The van der Waals surface area contributed by atoms with E-state index in [1.807, 2.05) is 18.2 Å². The SMILES string of the molecule is CC1(CNc2nc(-c3ccccn3)nc3sccc23)CCOCC1. The molecule has 24 heavy (non-hydrogen) atoms. The van der Waals surface area contributed by atoms with Crippen molar-refractivity contribution < 1.29 is 4.74 Å². The molecule has 4 heterocycles. The van der Waals surface area contributed by atoms with Gasteiger partial charge in [-0.3, -0.25) is 4.98 Å². The Morgan fingerprint density at radius 2 is 2.08 bits per heavy atom. The molecule has 1 saturated heterocycles. The summed E-state index contributed by atoms with van der Waals surface area (Å²) in [6.07, 6.45) is 3.92. The lowest BCUT2D eigenvalue weighted by molar-refractivity contribution is 0.0300. The molecule has 1 aliphatic heterocycles. The topological polar surface area (TPSA) is 59.9 Å². The predicted molar refractivity (Wildman–Crippen MR) is 97.3 cm³/mol. The van der Waals surface area contributed by atoms with Crippen molar-refractivity contribution in [3.63, 3.8) is 0 Å². The smallest absolute Gasteiger partial charge is 0.181 e. The van der Waals surface area contributed by atoms with Gasteiger partial charge >= 0.3 is 0 Å². The summed E-state index contributed by atoms with van der Waals surface area (Å²) in [6, 6.07) is 7.88. The highest BCUT2D eigenvalue weighted by Crippen LogP contribution is 2.32. The molecule has 1 fully saturated rings. The van der Waals surface area contributed by atoms with Crippen molar-refractivity contribution in [3.05, 3.63) is 35.8 Å². The van der Waals surface area contributed by atoms with Gasteiger partial charge in [0.05, 0.1) is 5.39 Å². The van der Waals surface area contributed by atoms with Crippen molar-refractivity contribution in [2.24, 2.45) is 5.41 Å². The van der Waals surface area contributed by atoms with Gasteiger partial charge in [-0.2, -0.15) is 0 Å². The van der Waals surface area contributed by atoms with E-state index < -0.39 is 0 Å². The number of nitrogens with zero attached hydrogens (tertiary/aromatic N) is 3.